The second-order valence-corrected chi connectivity index (χ2v) is 8.95. The first-order chi connectivity index (χ1) is 9.66. The molecule has 0 spiro atoms. The Morgan fingerprint density at radius 3 is 2.38 bits per heavy atom. The van der Waals surface area contributed by atoms with Crippen LogP contribution in [0.15, 0.2) is 15.2 Å². The summed E-state index contributed by atoms with van der Waals surface area (Å²) in [5.41, 5.74) is 0. The summed E-state index contributed by atoms with van der Waals surface area (Å²) < 4.78 is 60.6. The first-order valence-corrected chi connectivity index (χ1v) is 9.91. The van der Waals surface area contributed by atoms with E-state index in [-0.39, 0.29) is 27.4 Å². The Kier molecular flexibility index (Phi) is 6.71. The van der Waals surface area contributed by atoms with Crippen LogP contribution in [0, 0.1) is 0 Å². The molecule has 1 aromatic rings. The number of nitrogens with two attached hydrogens (primary N) is 1. The molecule has 0 aliphatic carbocycles. The molecular formula is C10H17NO7S3. The number of methoxy groups -OCH3 is 1. The van der Waals surface area contributed by atoms with E-state index in [1.165, 1.54) is 7.11 Å². The molecule has 0 radical (unpaired) electrons. The van der Waals surface area contributed by atoms with Crippen molar-refractivity contribution in [1.82, 2.24) is 0 Å². The normalized spacial score (nSPS) is 12.7. The molecule has 0 bridgehead atoms. The minimum absolute atomic E-state index is 0.0603. The van der Waals surface area contributed by atoms with Crippen LogP contribution in [0.3, 0.4) is 0 Å². The van der Waals surface area contributed by atoms with Crippen molar-refractivity contribution >= 4 is 31.2 Å². The first kappa shape index (κ1) is 18.5. The van der Waals surface area contributed by atoms with Crippen molar-refractivity contribution < 1.29 is 31.0 Å². The highest BCUT2D eigenvalue weighted by atomic mass is 32.2. The van der Waals surface area contributed by atoms with Crippen LogP contribution < -0.4 is 5.14 Å². The molecule has 1 heterocycles. The van der Waals surface area contributed by atoms with E-state index in [0.717, 1.165) is 23.7 Å². The van der Waals surface area contributed by atoms with Gasteiger partial charge in [-0.2, -0.15) is 0 Å². The van der Waals surface area contributed by atoms with E-state index in [9.17, 15) is 16.8 Å². The van der Waals surface area contributed by atoms with Gasteiger partial charge in [-0.25, -0.2) is 22.0 Å². The maximum atomic E-state index is 11.6. The Labute approximate surface area is 127 Å². The monoisotopic (exact) mass is 359 g/mol. The summed E-state index contributed by atoms with van der Waals surface area (Å²) in [6.45, 7) is 0.597. The Bertz CT molecular complexity index is 663. The highest BCUT2D eigenvalue weighted by Crippen LogP contribution is 2.29. The van der Waals surface area contributed by atoms with Crippen LogP contribution in [0.25, 0.3) is 0 Å². The van der Waals surface area contributed by atoms with Gasteiger partial charge in [0, 0.05) is 13.4 Å². The number of ether oxygens (including phenoxy) is 3. The maximum Gasteiger partial charge on any atom is 0.247 e. The third-order valence-corrected chi connectivity index (χ3v) is 6.08. The molecule has 0 aliphatic heterocycles. The zero-order chi connectivity index (χ0) is 16.1. The second-order valence-electron chi connectivity index (χ2n) is 4.04. The Balaban J connectivity index is 2.79. The number of sulfone groups is 1. The van der Waals surface area contributed by atoms with E-state index in [1.807, 2.05) is 0 Å². The summed E-state index contributed by atoms with van der Waals surface area (Å²) in [5.74, 6) is 0. The van der Waals surface area contributed by atoms with E-state index in [0.29, 0.717) is 13.2 Å². The van der Waals surface area contributed by atoms with Crippen LogP contribution in [0.5, 0.6) is 0 Å². The smallest absolute Gasteiger partial charge is 0.247 e. The molecule has 0 saturated heterocycles. The molecule has 21 heavy (non-hydrogen) atoms. The number of primary sulfonamides is 1. The van der Waals surface area contributed by atoms with Crippen molar-refractivity contribution in [1.29, 1.82) is 0 Å². The van der Waals surface area contributed by atoms with Crippen molar-refractivity contribution in [2.45, 2.75) is 15.7 Å². The Hall–Kier alpha value is -0.560. The van der Waals surface area contributed by atoms with Crippen LogP contribution in [-0.4, -0.2) is 50.2 Å². The average Bonchev–Trinajstić information content (AvgIpc) is 2.77. The van der Waals surface area contributed by atoms with Crippen LogP contribution in [-0.2, 0) is 40.7 Å². The summed E-state index contributed by atoms with van der Waals surface area (Å²) in [6.07, 6.45) is 0.987. The third-order valence-electron chi connectivity index (χ3n) is 2.26. The summed E-state index contributed by atoms with van der Waals surface area (Å²) >= 11 is 0.764. The van der Waals surface area contributed by atoms with Crippen LogP contribution >= 0.6 is 11.3 Å². The second kappa shape index (κ2) is 7.63. The molecule has 0 aromatic carbocycles. The highest BCUT2D eigenvalue weighted by Gasteiger charge is 2.22. The van der Waals surface area contributed by atoms with Gasteiger partial charge >= 0.3 is 0 Å². The van der Waals surface area contributed by atoms with Crippen LogP contribution in [0.4, 0.5) is 0 Å². The van der Waals surface area contributed by atoms with Gasteiger partial charge in [0.15, 0.2) is 9.84 Å². The van der Waals surface area contributed by atoms with E-state index >= 15 is 0 Å². The molecule has 2 N–H and O–H groups in total. The van der Waals surface area contributed by atoms with Crippen molar-refractivity contribution in [2.24, 2.45) is 5.14 Å². The van der Waals surface area contributed by atoms with Gasteiger partial charge in [-0.05, 0) is 6.07 Å². The van der Waals surface area contributed by atoms with Gasteiger partial charge < -0.3 is 14.2 Å². The van der Waals surface area contributed by atoms with E-state index in [1.54, 1.807) is 0 Å². The van der Waals surface area contributed by atoms with Gasteiger partial charge in [0.25, 0.3) is 0 Å². The van der Waals surface area contributed by atoms with Crippen molar-refractivity contribution in [3.63, 3.8) is 0 Å². The molecular weight excluding hydrogens is 342 g/mol. The Morgan fingerprint density at radius 2 is 1.86 bits per heavy atom. The molecule has 0 saturated carbocycles. The molecule has 122 valence electrons. The number of hydrogen-bond donors (Lipinski definition) is 1. The van der Waals surface area contributed by atoms with Gasteiger partial charge in [-0.1, -0.05) is 0 Å². The van der Waals surface area contributed by atoms with E-state index in [2.05, 4.69) is 0 Å². The van der Waals surface area contributed by atoms with Crippen LogP contribution in [0.2, 0.25) is 0 Å². The van der Waals surface area contributed by atoms with E-state index < -0.39 is 19.9 Å². The van der Waals surface area contributed by atoms with Crippen molar-refractivity contribution in [3.8, 4) is 0 Å². The van der Waals surface area contributed by atoms with Gasteiger partial charge in [0.2, 0.25) is 10.0 Å². The summed E-state index contributed by atoms with van der Waals surface area (Å²) in [7, 11) is -6.00. The van der Waals surface area contributed by atoms with Gasteiger partial charge in [-0.3, -0.25) is 0 Å². The van der Waals surface area contributed by atoms with Crippen LogP contribution in [0.1, 0.15) is 4.88 Å². The molecule has 8 nitrogen and oxygen atoms in total. The lowest BCUT2D eigenvalue weighted by atomic mass is 10.5. The minimum Gasteiger partial charge on any atom is -0.382 e. The third kappa shape index (κ3) is 5.98. The van der Waals surface area contributed by atoms with Gasteiger partial charge in [0.05, 0.1) is 29.6 Å². The molecule has 1 aromatic heterocycles. The van der Waals surface area contributed by atoms with E-state index in [4.69, 9.17) is 19.3 Å². The Morgan fingerprint density at radius 1 is 1.19 bits per heavy atom. The molecule has 0 atom stereocenters. The predicted molar refractivity (Wildman–Crippen MR) is 76.3 cm³/mol. The molecule has 11 heteroatoms. The van der Waals surface area contributed by atoms with Gasteiger partial charge in [-0.15, -0.1) is 11.3 Å². The first-order valence-electron chi connectivity index (χ1n) is 5.66. The number of hydrogen-bond acceptors (Lipinski definition) is 8. The van der Waals surface area contributed by atoms with Crippen molar-refractivity contribution in [3.05, 3.63) is 10.9 Å². The fourth-order valence-electron chi connectivity index (χ4n) is 1.34. The fraction of sp³-hybridized carbons (Fsp3) is 0.600. The lowest BCUT2D eigenvalue weighted by molar-refractivity contribution is -0.0722. The molecule has 0 aliphatic rings. The standard InChI is InChI=1S/C10H17NO7S3/c1-16-3-4-17-7-18-6-8-9(20(2,12)13)5-10(19-8)21(11,14)15/h5H,3-4,6-7H2,1-2H3,(H2,11,14,15). The number of sulfonamides is 1. The maximum absolute atomic E-state index is 11.6. The summed E-state index contributed by atoms with van der Waals surface area (Å²) in [6, 6.07) is 1.04. The highest BCUT2D eigenvalue weighted by molar-refractivity contribution is 7.92. The largest absolute Gasteiger partial charge is 0.382 e. The summed E-state index contributed by atoms with van der Waals surface area (Å²) in [4.78, 5) is 0.158. The molecule has 0 amide bonds. The number of thiophene rings is 1. The molecule has 1 rings (SSSR count). The predicted octanol–water partition coefficient (Wildman–Crippen LogP) is -0.0639. The fourth-order valence-corrected chi connectivity index (χ4v) is 4.64. The SMILES string of the molecule is COCCOCOCc1sc(S(N)(=O)=O)cc1S(C)(=O)=O. The van der Waals surface area contributed by atoms with Crippen molar-refractivity contribution in [2.75, 3.05) is 33.4 Å². The zero-order valence-electron chi connectivity index (χ0n) is 11.6. The van der Waals surface area contributed by atoms with Gasteiger partial charge in [0.1, 0.15) is 11.0 Å². The average molecular weight is 359 g/mol. The lowest BCUT2D eigenvalue weighted by Crippen LogP contribution is -2.10. The molecule has 0 fully saturated rings. The number of rotatable bonds is 9. The summed E-state index contributed by atoms with van der Waals surface area (Å²) in [5, 5.41) is 5.00. The molecule has 0 unspecified atom stereocenters. The minimum atomic E-state index is -3.96. The lowest BCUT2D eigenvalue weighted by Gasteiger charge is -2.05. The quantitative estimate of drug-likeness (QED) is 0.484. The topological polar surface area (TPSA) is 122 Å². The zero-order valence-corrected chi connectivity index (χ0v) is 14.0.